The van der Waals surface area contributed by atoms with Crippen LogP contribution in [0, 0.1) is 0 Å². The number of morpholine rings is 1. The summed E-state index contributed by atoms with van der Waals surface area (Å²) >= 11 is 4.71. The molecule has 14 heavy (non-hydrogen) atoms. The molecule has 1 fully saturated rings. The molecule has 5 heteroatoms. The molecule has 2 N–H and O–H groups in total. The zero-order valence-electron chi connectivity index (χ0n) is 8.53. The molecule has 1 amide bonds. The number of thiocarbonyl (C=S) groups is 1. The fraction of sp³-hybridized carbons (Fsp3) is 0.778. The summed E-state index contributed by atoms with van der Waals surface area (Å²) in [4.78, 5) is 13.7. The average Bonchev–Trinajstić information content (AvgIpc) is 2.08. The van der Waals surface area contributed by atoms with Crippen molar-refractivity contribution in [2.45, 2.75) is 32.4 Å². The smallest absolute Gasteiger partial charge is 0.229 e. The Bertz CT molecular complexity index is 245. The molecule has 0 spiro atoms. The number of nitrogens with two attached hydrogens (primary N) is 1. The third kappa shape index (κ3) is 2.92. The van der Waals surface area contributed by atoms with E-state index in [0.29, 0.717) is 13.2 Å². The van der Waals surface area contributed by atoms with Crippen LogP contribution >= 0.6 is 12.2 Å². The summed E-state index contributed by atoms with van der Waals surface area (Å²) in [6.07, 6.45) is 0.258. The third-order valence-corrected chi connectivity index (χ3v) is 2.40. The van der Waals surface area contributed by atoms with Crippen molar-refractivity contribution in [2.75, 3.05) is 13.2 Å². The highest BCUT2D eigenvalue weighted by Gasteiger charge is 2.27. The monoisotopic (exact) mass is 216 g/mol. The highest BCUT2D eigenvalue weighted by Crippen LogP contribution is 2.12. The number of hydrogen-bond acceptors (Lipinski definition) is 3. The van der Waals surface area contributed by atoms with Crippen LogP contribution in [0.15, 0.2) is 0 Å². The minimum absolute atomic E-state index is 0.000139. The van der Waals surface area contributed by atoms with Crippen molar-refractivity contribution < 1.29 is 9.53 Å². The van der Waals surface area contributed by atoms with E-state index in [1.54, 1.807) is 4.90 Å². The minimum atomic E-state index is 0.000139. The number of ether oxygens (including phenoxy) is 1. The topological polar surface area (TPSA) is 55.6 Å². The lowest BCUT2D eigenvalue weighted by Gasteiger charge is -2.36. The maximum Gasteiger partial charge on any atom is 0.229 e. The first kappa shape index (κ1) is 11.4. The van der Waals surface area contributed by atoms with Crippen LogP contribution in [0.4, 0.5) is 0 Å². The molecule has 1 saturated heterocycles. The van der Waals surface area contributed by atoms with E-state index in [2.05, 4.69) is 0 Å². The van der Waals surface area contributed by atoms with Gasteiger partial charge in [-0.2, -0.15) is 0 Å². The second kappa shape index (κ2) is 4.70. The summed E-state index contributed by atoms with van der Waals surface area (Å²) in [5, 5.41) is 0. The lowest BCUT2D eigenvalue weighted by molar-refractivity contribution is -0.141. The number of carbonyl (C=O) groups is 1. The molecule has 2 unspecified atom stereocenters. The molecule has 0 aliphatic carbocycles. The van der Waals surface area contributed by atoms with Gasteiger partial charge in [0.1, 0.15) is 0 Å². The Labute approximate surface area is 89.4 Å². The predicted molar refractivity (Wildman–Crippen MR) is 58.0 cm³/mol. The molecule has 0 radical (unpaired) electrons. The van der Waals surface area contributed by atoms with Gasteiger partial charge in [0.25, 0.3) is 0 Å². The molecule has 80 valence electrons. The van der Waals surface area contributed by atoms with Crippen molar-refractivity contribution in [3.63, 3.8) is 0 Å². The summed E-state index contributed by atoms with van der Waals surface area (Å²) < 4.78 is 5.42. The maximum absolute atomic E-state index is 11.7. The van der Waals surface area contributed by atoms with E-state index in [0.717, 1.165) is 0 Å². The summed E-state index contributed by atoms with van der Waals surface area (Å²) in [6.45, 7) is 5.13. The molecule has 1 heterocycles. The Balaban J connectivity index is 2.55. The van der Waals surface area contributed by atoms with Gasteiger partial charge in [-0.25, -0.2) is 0 Å². The lowest BCUT2D eigenvalue weighted by Crippen LogP contribution is -2.50. The van der Waals surface area contributed by atoms with Crippen molar-refractivity contribution in [3.05, 3.63) is 0 Å². The SMILES string of the molecule is CC1CN(C(=O)CC(N)=S)C(C)CO1. The van der Waals surface area contributed by atoms with Crippen molar-refractivity contribution >= 4 is 23.1 Å². The molecule has 1 rings (SSSR count). The second-order valence-electron chi connectivity index (χ2n) is 3.68. The van der Waals surface area contributed by atoms with E-state index < -0.39 is 0 Å². The van der Waals surface area contributed by atoms with Gasteiger partial charge >= 0.3 is 0 Å². The highest BCUT2D eigenvalue weighted by atomic mass is 32.1. The van der Waals surface area contributed by atoms with Crippen LogP contribution in [0.3, 0.4) is 0 Å². The van der Waals surface area contributed by atoms with Gasteiger partial charge in [0.05, 0.1) is 30.2 Å². The van der Waals surface area contributed by atoms with Crippen LogP contribution < -0.4 is 5.73 Å². The van der Waals surface area contributed by atoms with Crippen molar-refractivity contribution in [1.29, 1.82) is 0 Å². The standard InChI is InChI=1S/C9H16N2O2S/c1-6-5-13-7(2)4-11(6)9(12)3-8(10)14/h6-7H,3-5H2,1-2H3,(H2,10,14). The number of hydrogen-bond donors (Lipinski definition) is 1. The highest BCUT2D eigenvalue weighted by molar-refractivity contribution is 7.80. The van der Waals surface area contributed by atoms with Gasteiger partial charge in [0.2, 0.25) is 5.91 Å². The molecule has 0 aromatic heterocycles. The van der Waals surface area contributed by atoms with Crippen LogP contribution in [0.25, 0.3) is 0 Å². The molecular formula is C9H16N2O2S. The van der Waals surface area contributed by atoms with E-state index >= 15 is 0 Å². The summed E-state index contributed by atoms with van der Waals surface area (Å²) in [5.74, 6) is 0.000139. The summed E-state index contributed by atoms with van der Waals surface area (Å²) in [5.41, 5.74) is 5.33. The van der Waals surface area contributed by atoms with Crippen molar-refractivity contribution in [2.24, 2.45) is 5.73 Å². The van der Waals surface area contributed by atoms with Gasteiger partial charge in [-0.15, -0.1) is 0 Å². The fourth-order valence-corrected chi connectivity index (χ4v) is 1.62. The second-order valence-corrected chi connectivity index (χ2v) is 4.21. The Kier molecular flexibility index (Phi) is 3.83. The Morgan fingerprint density at radius 3 is 2.86 bits per heavy atom. The zero-order chi connectivity index (χ0) is 10.7. The molecule has 1 aliphatic rings. The van der Waals surface area contributed by atoms with E-state index in [1.807, 2.05) is 13.8 Å². The summed E-state index contributed by atoms with van der Waals surface area (Å²) in [6, 6.07) is 0.119. The van der Waals surface area contributed by atoms with Crippen molar-refractivity contribution in [3.8, 4) is 0 Å². The fourth-order valence-electron chi connectivity index (χ4n) is 1.50. The zero-order valence-corrected chi connectivity index (χ0v) is 9.34. The lowest BCUT2D eigenvalue weighted by atomic mass is 10.2. The van der Waals surface area contributed by atoms with E-state index in [4.69, 9.17) is 22.7 Å². The molecule has 1 aliphatic heterocycles. The van der Waals surface area contributed by atoms with Gasteiger partial charge in [0, 0.05) is 6.54 Å². The van der Waals surface area contributed by atoms with E-state index in [1.165, 1.54) is 0 Å². The van der Waals surface area contributed by atoms with Crippen LogP contribution in [-0.4, -0.2) is 41.1 Å². The average molecular weight is 216 g/mol. The number of amides is 1. The van der Waals surface area contributed by atoms with Gasteiger partial charge in [0.15, 0.2) is 0 Å². The third-order valence-electron chi connectivity index (χ3n) is 2.25. The molecular weight excluding hydrogens is 200 g/mol. The first-order valence-electron chi connectivity index (χ1n) is 4.70. The van der Waals surface area contributed by atoms with Crippen LogP contribution in [0.1, 0.15) is 20.3 Å². The minimum Gasteiger partial charge on any atom is -0.393 e. The van der Waals surface area contributed by atoms with Crippen LogP contribution in [0.2, 0.25) is 0 Å². The van der Waals surface area contributed by atoms with Gasteiger partial charge < -0.3 is 15.4 Å². The molecule has 0 bridgehead atoms. The first-order chi connectivity index (χ1) is 6.50. The van der Waals surface area contributed by atoms with Gasteiger partial charge in [-0.3, -0.25) is 4.79 Å². The van der Waals surface area contributed by atoms with Gasteiger partial charge in [-0.05, 0) is 13.8 Å². The first-order valence-corrected chi connectivity index (χ1v) is 5.11. The number of carbonyl (C=O) groups excluding carboxylic acids is 1. The number of nitrogens with zero attached hydrogens (tertiary/aromatic N) is 1. The Morgan fingerprint density at radius 2 is 2.29 bits per heavy atom. The normalized spacial score (nSPS) is 27.4. The van der Waals surface area contributed by atoms with E-state index in [9.17, 15) is 4.79 Å². The molecule has 0 aromatic carbocycles. The Hall–Kier alpha value is -0.680. The molecule has 0 saturated carbocycles. The largest absolute Gasteiger partial charge is 0.393 e. The maximum atomic E-state index is 11.7. The Morgan fingerprint density at radius 1 is 1.64 bits per heavy atom. The molecule has 2 atom stereocenters. The quantitative estimate of drug-likeness (QED) is 0.674. The van der Waals surface area contributed by atoms with Crippen LogP contribution in [0.5, 0.6) is 0 Å². The molecule has 4 nitrogen and oxygen atoms in total. The summed E-state index contributed by atoms with van der Waals surface area (Å²) in [7, 11) is 0. The van der Waals surface area contributed by atoms with E-state index in [-0.39, 0.29) is 29.5 Å². The number of rotatable bonds is 2. The molecule has 0 aromatic rings. The van der Waals surface area contributed by atoms with Crippen LogP contribution in [-0.2, 0) is 9.53 Å². The predicted octanol–water partition coefficient (Wildman–Crippen LogP) is 0.298. The van der Waals surface area contributed by atoms with Crippen molar-refractivity contribution in [1.82, 2.24) is 4.90 Å². The van der Waals surface area contributed by atoms with Gasteiger partial charge in [-0.1, -0.05) is 12.2 Å².